The van der Waals surface area contributed by atoms with E-state index in [9.17, 15) is 0 Å². The second kappa shape index (κ2) is 9.17. The van der Waals surface area contributed by atoms with Gasteiger partial charge in [0.15, 0.2) is 0 Å². The fourth-order valence-corrected chi connectivity index (χ4v) is 1.85. The molecule has 0 radical (unpaired) electrons. The Morgan fingerprint density at radius 3 is 1.80 bits per heavy atom. The van der Waals surface area contributed by atoms with Crippen LogP contribution in [0.25, 0.3) is 0 Å². The van der Waals surface area contributed by atoms with Crippen molar-refractivity contribution in [1.29, 1.82) is 0 Å². The van der Waals surface area contributed by atoms with E-state index in [1.54, 1.807) is 0 Å². The number of hydrogen-bond donors (Lipinski definition) is 1. The molecule has 0 saturated heterocycles. The van der Waals surface area contributed by atoms with Crippen molar-refractivity contribution in [3.05, 3.63) is 0 Å². The number of unbranched alkanes of at least 4 members (excludes halogenated alkanes) is 2. The lowest BCUT2D eigenvalue weighted by Gasteiger charge is -2.32. The van der Waals surface area contributed by atoms with Gasteiger partial charge in [0.2, 0.25) is 0 Å². The van der Waals surface area contributed by atoms with E-state index in [1.165, 1.54) is 38.8 Å². The molecule has 0 aliphatic heterocycles. The van der Waals surface area contributed by atoms with Crippen molar-refractivity contribution in [3.8, 4) is 0 Å². The molecule has 0 amide bonds. The minimum atomic E-state index is 0.332. The van der Waals surface area contributed by atoms with Gasteiger partial charge in [-0.25, -0.2) is 0 Å². The molecule has 0 fully saturated rings. The molecule has 0 spiro atoms. The van der Waals surface area contributed by atoms with E-state index in [-0.39, 0.29) is 0 Å². The Labute approximate surface area is 96.2 Å². The summed E-state index contributed by atoms with van der Waals surface area (Å²) >= 11 is 0. The zero-order valence-electron chi connectivity index (χ0n) is 11.1. The highest BCUT2D eigenvalue weighted by atomic mass is 15.2. The van der Waals surface area contributed by atoms with Gasteiger partial charge in [-0.3, -0.25) is 4.90 Å². The Balaban J connectivity index is 4.06. The Morgan fingerprint density at radius 2 is 1.47 bits per heavy atom. The van der Waals surface area contributed by atoms with Gasteiger partial charge in [-0.15, -0.1) is 0 Å². The van der Waals surface area contributed by atoms with Gasteiger partial charge < -0.3 is 5.73 Å². The van der Waals surface area contributed by atoms with Crippen LogP contribution < -0.4 is 5.73 Å². The fraction of sp³-hybridized carbons (Fsp3) is 1.00. The van der Waals surface area contributed by atoms with E-state index >= 15 is 0 Å². The number of nitrogens with two attached hydrogens (primary N) is 1. The summed E-state index contributed by atoms with van der Waals surface area (Å²) in [5, 5.41) is 0. The first-order valence-electron chi connectivity index (χ1n) is 6.66. The van der Waals surface area contributed by atoms with E-state index in [4.69, 9.17) is 5.73 Å². The van der Waals surface area contributed by atoms with E-state index in [1.807, 2.05) is 0 Å². The van der Waals surface area contributed by atoms with Crippen LogP contribution in [0.2, 0.25) is 0 Å². The van der Waals surface area contributed by atoms with Gasteiger partial charge in [0.25, 0.3) is 0 Å². The highest BCUT2D eigenvalue weighted by Gasteiger charge is 2.17. The largest absolute Gasteiger partial charge is 0.326 e. The van der Waals surface area contributed by atoms with Gasteiger partial charge in [-0.2, -0.15) is 0 Å². The summed E-state index contributed by atoms with van der Waals surface area (Å²) in [5.74, 6) is 0. The molecule has 0 aromatic rings. The van der Waals surface area contributed by atoms with Crippen molar-refractivity contribution in [2.45, 2.75) is 71.9 Å². The Morgan fingerprint density at radius 1 is 1.00 bits per heavy atom. The maximum atomic E-state index is 6.12. The van der Waals surface area contributed by atoms with Crippen LogP contribution in [0.1, 0.15) is 59.8 Å². The van der Waals surface area contributed by atoms with Crippen LogP contribution in [0.3, 0.4) is 0 Å². The van der Waals surface area contributed by atoms with Crippen molar-refractivity contribution < 1.29 is 0 Å². The van der Waals surface area contributed by atoms with Crippen LogP contribution in [-0.2, 0) is 0 Å². The van der Waals surface area contributed by atoms with Crippen LogP contribution in [0, 0.1) is 0 Å². The van der Waals surface area contributed by atoms with Crippen LogP contribution in [-0.4, -0.2) is 30.1 Å². The summed E-state index contributed by atoms with van der Waals surface area (Å²) in [5.41, 5.74) is 6.12. The maximum absolute atomic E-state index is 6.12. The third-order valence-electron chi connectivity index (χ3n) is 3.26. The lowest BCUT2D eigenvalue weighted by atomic mass is 10.1. The third-order valence-corrected chi connectivity index (χ3v) is 3.26. The summed E-state index contributed by atoms with van der Waals surface area (Å²) in [6.45, 7) is 11.4. The molecule has 92 valence electrons. The van der Waals surface area contributed by atoms with Crippen molar-refractivity contribution in [3.63, 3.8) is 0 Å². The molecule has 0 rings (SSSR count). The van der Waals surface area contributed by atoms with Crippen LogP contribution in [0.4, 0.5) is 0 Å². The highest BCUT2D eigenvalue weighted by Crippen LogP contribution is 2.09. The molecule has 2 heteroatoms. The topological polar surface area (TPSA) is 29.3 Å². The molecular formula is C13H30N2. The molecule has 2 unspecified atom stereocenters. The van der Waals surface area contributed by atoms with Crippen molar-refractivity contribution in [2.24, 2.45) is 5.73 Å². The monoisotopic (exact) mass is 214 g/mol. The first-order chi connectivity index (χ1) is 7.17. The number of nitrogens with zero attached hydrogens (tertiary/aromatic N) is 1. The van der Waals surface area contributed by atoms with Crippen molar-refractivity contribution >= 4 is 0 Å². The van der Waals surface area contributed by atoms with E-state index in [0.29, 0.717) is 12.1 Å². The smallest absolute Gasteiger partial charge is 0.0218 e. The molecule has 0 aliphatic carbocycles. The van der Waals surface area contributed by atoms with Gasteiger partial charge in [0.1, 0.15) is 0 Å². The fourth-order valence-electron chi connectivity index (χ4n) is 1.85. The predicted molar refractivity (Wildman–Crippen MR) is 69.1 cm³/mol. The molecule has 0 aromatic carbocycles. The van der Waals surface area contributed by atoms with Crippen LogP contribution >= 0.6 is 0 Å². The molecule has 2 N–H and O–H groups in total. The highest BCUT2D eigenvalue weighted by molar-refractivity contribution is 4.77. The quantitative estimate of drug-likeness (QED) is 0.639. The van der Waals surface area contributed by atoms with Gasteiger partial charge >= 0.3 is 0 Å². The first kappa shape index (κ1) is 14.9. The standard InChI is InChI=1S/C13H30N2/c1-5-8-10-15(11-9-6-2)12(4)13(14)7-3/h12-13H,5-11,14H2,1-4H3. The second-order valence-corrected chi connectivity index (χ2v) is 4.56. The maximum Gasteiger partial charge on any atom is 0.0218 e. The minimum Gasteiger partial charge on any atom is -0.326 e. The molecule has 0 heterocycles. The normalized spacial score (nSPS) is 15.6. The average Bonchev–Trinajstić information content (AvgIpc) is 2.27. The molecule has 0 aromatic heterocycles. The minimum absolute atomic E-state index is 0.332. The summed E-state index contributed by atoms with van der Waals surface area (Å²) in [6, 6.07) is 0.867. The zero-order valence-corrected chi connectivity index (χ0v) is 11.1. The van der Waals surface area contributed by atoms with E-state index in [0.717, 1.165) is 6.42 Å². The lowest BCUT2D eigenvalue weighted by Crippen LogP contribution is -2.46. The second-order valence-electron chi connectivity index (χ2n) is 4.56. The summed E-state index contributed by atoms with van der Waals surface area (Å²) in [6.07, 6.45) is 6.22. The zero-order chi connectivity index (χ0) is 11.7. The molecule has 15 heavy (non-hydrogen) atoms. The summed E-state index contributed by atoms with van der Waals surface area (Å²) in [7, 11) is 0. The van der Waals surface area contributed by atoms with Gasteiger partial charge in [-0.05, 0) is 39.3 Å². The molecule has 0 saturated carbocycles. The van der Waals surface area contributed by atoms with Gasteiger partial charge in [-0.1, -0.05) is 33.6 Å². The number of rotatable bonds is 9. The van der Waals surface area contributed by atoms with Crippen LogP contribution in [0.5, 0.6) is 0 Å². The van der Waals surface area contributed by atoms with Crippen molar-refractivity contribution in [2.75, 3.05) is 13.1 Å². The molecule has 0 bridgehead atoms. The van der Waals surface area contributed by atoms with Gasteiger partial charge in [0, 0.05) is 12.1 Å². The summed E-state index contributed by atoms with van der Waals surface area (Å²) in [4.78, 5) is 2.57. The van der Waals surface area contributed by atoms with Crippen LogP contribution in [0.15, 0.2) is 0 Å². The molecular weight excluding hydrogens is 184 g/mol. The molecule has 0 aliphatic rings. The predicted octanol–water partition coefficient (Wildman–Crippen LogP) is 3.01. The first-order valence-corrected chi connectivity index (χ1v) is 6.66. The lowest BCUT2D eigenvalue weighted by molar-refractivity contribution is 0.176. The van der Waals surface area contributed by atoms with Crippen molar-refractivity contribution in [1.82, 2.24) is 4.90 Å². The Kier molecular flexibility index (Phi) is 9.12. The Hall–Kier alpha value is -0.0800. The SMILES string of the molecule is CCCCN(CCCC)C(C)C(N)CC. The molecule has 2 nitrogen and oxygen atoms in total. The summed E-state index contributed by atoms with van der Waals surface area (Å²) < 4.78 is 0. The van der Waals surface area contributed by atoms with E-state index < -0.39 is 0 Å². The van der Waals surface area contributed by atoms with E-state index in [2.05, 4.69) is 32.6 Å². The third kappa shape index (κ3) is 6.16. The average molecular weight is 214 g/mol. The molecule has 2 atom stereocenters. The van der Waals surface area contributed by atoms with Gasteiger partial charge in [0.05, 0.1) is 0 Å². The Bertz CT molecular complexity index is 128. The number of hydrogen-bond acceptors (Lipinski definition) is 2.